The lowest BCUT2D eigenvalue weighted by molar-refractivity contribution is -0.123. The molecule has 7 heteroatoms. The summed E-state index contributed by atoms with van der Waals surface area (Å²) in [5, 5.41) is 7.73. The molecule has 3 heterocycles. The first-order chi connectivity index (χ1) is 16.7. The van der Waals surface area contributed by atoms with E-state index in [2.05, 4.69) is 27.8 Å². The zero-order valence-corrected chi connectivity index (χ0v) is 18.4. The van der Waals surface area contributed by atoms with Crippen LogP contribution in [0.4, 0.5) is 4.39 Å². The minimum Gasteiger partial charge on any atom is -0.454 e. The second-order valence-corrected chi connectivity index (χ2v) is 8.70. The number of benzene rings is 3. The average Bonchev–Trinajstić information content (AvgIpc) is 3.48. The molecule has 0 unspecified atom stereocenters. The van der Waals surface area contributed by atoms with Gasteiger partial charge in [-0.25, -0.2) is 4.39 Å². The number of rotatable bonds is 5. The van der Waals surface area contributed by atoms with Crippen molar-refractivity contribution in [2.24, 2.45) is 0 Å². The van der Waals surface area contributed by atoms with Crippen molar-refractivity contribution in [3.05, 3.63) is 94.9 Å². The van der Waals surface area contributed by atoms with Gasteiger partial charge in [-0.15, -0.1) is 0 Å². The summed E-state index contributed by atoms with van der Waals surface area (Å²) in [5.74, 6) is 1.13. The predicted molar refractivity (Wildman–Crippen MR) is 126 cm³/mol. The molecule has 6 rings (SSSR count). The molecule has 4 aromatic rings. The molecule has 0 radical (unpaired) electrons. The van der Waals surface area contributed by atoms with E-state index in [1.54, 1.807) is 12.1 Å². The molecular formula is C27H24FN3O3. The van der Waals surface area contributed by atoms with Crippen molar-refractivity contribution < 1.29 is 18.7 Å². The quantitative estimate of drug-likeness (QED) is 0.424. The fraction of sp³-hybridized carbons (Fsp3) is 0.222. The minimum absolute atomic E-state index is 0.0520. The van der Waals surface area contributed by atoms with E-state index in [0.29, 0.717) is 25.1 Å². The van der Waals surface area contributed by atoms with E-state index in [0.717, 1.165) is 39.0 Å². The molecule has 2 aliphatic heterocycles. The topological polar surface area (TPSA) is 75.4 Å². The van der Waals surface area contributed by atoms with Crippen LogP contribution >= 0.6 is 0 Å². The van der Waals surface area contributed by atoms with Crippen molar-refractivity contribution in [3.8, 4) is 11.5 Å². The Balaban J connectivity index is 1.27. The number of carbonyl (C=O) groups excluding carboxylic acids is 1. The van der Waals surface area contributed by atoms with Crippen molar-refractivity contribution in [1.29, 1.82) is 0 Å². The average molecular weight is 458 g/mol. The van der Waals surface area contributed by atoms with Crippen molar-refractivity contribution in [2.75, 3.05) is 13.3 Å². The van der Waals surface area contributed by atoms with Gasteiger partial charge in [0.05, 0.1) is 12.1 Å². The van der Waals surface area contributed by atoms with Crippen molar-refractivity contribution in [3.63, 3.8) is 0 Å². The van der Waals surface area contributed by atoms with Gasteiger partial charge in [-0.05, 0) is 59.9 Å². The Morgan fingerprint density at radius 3 is 2.74 bits per heavy atom. The van der Waals surface area contributed by atoms with Gasteiger partial charge in [-0.1, -0.05) is 36.4 Å². The van der Waals surface area contributed by atoms with Crippen LogP contribution in [0.25, 0.3) is 10.9 Å². The van der Waals surface area contributed by atoms with E-state index < -0.39 is 6.04 Å². The largest absolute Gasteiger partial charge is 0.454 e. The number of aromatic nitrogens is 1. The smallest absolute Gasteiger partial charge is 0.237 e. The Kier molecular flexibility index (Phi) is 5.19. The first-order valence-electron chi connectivity index (χ1n) is 11.4. The first kappa shape index (κ1) is 20.7. The molecule has 1 amide bonds. The van der Waals surface area contributed by atoms with Gasteiger partial charge in [0.1, 0.15) is 5.82 Å². The van der Waals surface area contributed by atoms with E-state index in [1.165, 1.54) is 12.1 Å². The molecule has 34 heavy (non-hydrogen) atoms. The molecule has 0 saturated carbocycles. The number of fused-ring (bicyclic) bond motifs is 4. The summed E-state index contributed by atoms with van der Waals surface area (Å²) in [7, 11) is 0. The SMILES string of the molecule is O=C(NCCc1ccc(F)cc1)[C@@H]1Cc2c([nH]c3ccccc23)[C@@H](c2ccc3c(c2)OCO3)N1. The van der Waals surface area contributed by atoms with Crippen LogP contribution in [-0.2, 0) is 17.6 Å². The molecule has 0 bridgehead atoms. The number of ether oxygens (including phenoxy) is 2. The van der Waals surface area contributed by atoms with Crippen LogP contribution in [-0.4, -0.2) is 30.3 Å². The van der Waals surface area contributed by atoms with Crippen LogP contribution in [0.3, 0.4) is 0 Å². The monoisotopic (exact) mass is 457 g/mol. The number of para-hydroxylation sites is 1. The number of hydrogen-bond acceptors (Lipinski definition) is 4. The number of aromatic amines is 1. The molecule has 3 aromatic carbocycles. The highest BCUT2D eigenvalue weighted by molar-refractivity contribution is 5.88. The normalized spacial score (nSPS) is 18.6. The third-order valence-electron chi connectivity index (χ3n) is 6.58. The number of amides is 1. The molecule has 3 N–H and O–H groups in total. The summed E-state index contributed by atoms with van der Waals surface area (Å²) in [4.78, 5) is 16.7. The number of nitrogens with one attached hydrogen (secondary N) is 3. The fourth-order valence-electron chi connectivity index (χ4n) is 4.86. The van der Waals surface area contributed by atoms with E-state index >= 15 is 0 Å². The van der Waals surface area contributed by atoms with Gasteiger partial charge in [-0.3, -0.25) is 10.1 Å². The molecule has 172 valence electrons. The molecule has 0 aliphatic carbocycles. The lowest BCUT2D eigenvalue weighted by Gasteiger charge is -2.31. The van der Waals surface area contributed by atoms with Crippen LogP contribution in [0.2, 0.25) is 0 Å². The highest BCUT2D eigenvalue weighted by atomic mass is 19.1. The zero-order valence-electron chi connectivity index (χ0n) is 18.4. The second kappa shape index (κ2) is 8.50. The Morgan fingerprint density at radius 2 is 1.85 bits per heavy atom. The minimum atomic E-state index is -0.393. The number of carbonyl (C=O) groups is 1. The van der Waals surface area contributed by atoms with Crippen LogP contribution in [0, 0.1) is 5.82 Å². The second-order valence-electron chi connectivity index (χ2n) is 8.70. The van der Waals surface area contributed by atoms with Crippen LogP contribution in [0.1, 0.15) is 28.4 Å². The summed E-state index contributed by atoms with van der Waals surface area (Å²) >= 11 is 0. The molecule has 0 spiro atoms. The maximum atomic E-state index is 13.2. The predicted octanol–water partition coefficient (Wildman–Crippen LogP) is 4.00. The van der Waals surface area contributed by atoms with E-state index in [-0.39, 0.29) is 24.6 Å². The van der Waals surface area contributed by atoms with E-state index in [4.69, 9.17) is 9.47 Å². The van der Waals surface area contributed by atoms with Crippen LogP contribution in [0.5, 0.6) is 11.5 Å². The summed E-state index contributed by atoms with van der Waals surface area (Å²) in [5.41, 5.74) is 5.25. The maximum Gasteiger partial charge on any atom is 0.237 e. The molecule has 1 aromatic heterocycles. The van der Waals surface area contributed by atoms with Gasteiger partial charge in [0.2, 0.25) is 12.7 Å². The fourth-order valence-corrected chi connectivity index (χ4v) is 4.86. The Hall–Kier alpha value is -3.84. The zero-order chi connectivity index (χ0) is 23.1. The van der Waals surface area contributed by atoms with Gasteiger partial charge in [-0.2, -0.15) is 0 Å². The summed E-state index contributed by atoms with van der Waals surface area (Å²) in [6, 6.07) is 19.9. The molecule has 0 saturated heterocycles. The number of hydrogen-bond donors (Lipinski definition) is 3. The third-order valence-corrected chi connectivity index (χ3v) is 6.58. The van der Waals surface area contributed by atoms with Crippen molar-refractivity contribution >= 4 is 16.8 Å². The van der Waals surface area contributed by atoms with Gasteiger partial charge < -0.3 is 19.8 Å². The van der Waals surface area contributed by atoms with Crippen LogP contribution in [0.15, 0.2) is 66.7 Å². The molecule has 2 atom stereocenters. The van der Waals surface area contributed by atoms with Crippen molar-refractivity contribution in [1.82, 2.24) is 15.6 Å². The Labute approximate surface area is 196 Å². The summed E-state index contributed by atoms with van der Waals surface area (Å²) in [6.45, 7) is 0.700. The first-order valence-corrected chi connectivity index (χ1v) is 11.4. The third kappa shape index (κ3) is 3.78. The van der Waals surface area contributed by atoms with Crippen LogP contribution < -0.4 is 20.1 Å². The molecular weight excluding hydrogens is 433 g/mol. The molecule has 2 aliphatic rings. The number of halogens is 1. The Morgan fingerprint density at radius 1 is 1.03 bits per heavy atom. The lowest BCUT2D eigenvalue weighted by Crippen LogP contribution is -2.50. The highest BCUT2D eigenvalue weighted by Gasteiger charge is 2.34. The maximum absolute atomic E-state index is 13.2. The standard InChI is InChI=1S/C27H24FN3O3/c28-18-8-5-16(6-9-18)11-12-29-27(32)22-14-20-19-3-1-2-4-21(19)30-26(20)25(31-22)17-7-10-23-24(13-17)34-15-33-23/h1-10,13,22,25,30-31H,11-12,14-15H2,(H,29,32)/t22-,25+/m0/s1. The van der Waals surface area contributed by atoms with E-state index in [9.17, 15) is 9.18 Å². The molecule has 0 fully saturated rings. The van der Waals surface area contributed by atoms with Gasteiger partial charge in [0, 0.05) is 23.1 Å². The summed E-state index contributed by atoms with van der Waals surface area (Å²) < 4.78 is 24.2. The Bertz CT molecular complexity index is 1370. The molecule has 6 nitrogen and oxygen atoms in total. The number of H-pyrrole nitrogens is 1. The van der Waals surface area contributed by atoms with E-state index in [1.807, 2.05) is 30.3 Å². The van der Waals surface area contributed by atoms with Gasteiger partial charge in [0.25, 0.3) is 0 Å². The van der Waals surface area contributed by atoms with Gasteiger partial charge in [0.15, 0.2) is 11.5 Å². The van der Waals surface area contributed by atoms with Gasteiger partial charge >= 0.3 is 0 Å². The van der Waals surface area contributed by atoms with Crippen molar-refractivity contribution in [2.45, 2.75) is 24.9 Å². The summed E-state index contributed by atoms with van der Waals surface area (Å²) in [6.07, 6.45) is 1.23. The highest BCUT2D eigenvalue weighted by Crippen LogP contribution is 2.39. The lowest BCUT2D eigenvalue weighted by atomic mass is 9.90.